The lowest BCUT2D eigenvalue weighted by Gasteiger charge is -2.18. The van der Waals surface area contributed by atoms with Crippen molar-refractivity contribution in [1.29, 1.82) is 0 Å². The Balaban J connectivity index is 2.45. The summed E-state index contributed by atoms with van der Waals surface area (Å²) in [5, 5.41) is 0. The van der Waals surface area contributed by atoms with Gasteiger partial charge in [-0.15, -0.1) is 0 Å². The minimum absolute atomic E-state index is 0.0442. The van der Waals surface area contributed by atoms with Gasteiger partial charge in [0.05, 0.1) is 6.10 Å². The van der Waals surface area contributed by atoms with Crippen molar-refractivity contribution >= 4 is 5.78 Å². The first-order valence-electron chi connectivity index (χ1n) is 5.38. The van der Waals surface area contributed by atoms with E-state index in [0.717, 1.165) is 30.8 Å². The molecule has 1 aliphatic rings. The highest BCUT2D eigenvalue weighted by atomic mass is 16.5. The van der Waals surface area contributed by atoms with Gasteiger partial charge in [0.2, 0.25) is 0 Å². The SMILES string of the molecule is COC(C)CC(=O)C1=CCC(C)CC1. The fourth-order valence-electron chi connectivity index (χ4n) is 1.69. The van der Waals surface area contributed by atoms with Crippen molar-refractivity contribution in [3.05, 3.63) is 11.6 Å². The molecule has 0 radical (unpaired) electrons. The third-order valence-electron chi connectivity index (χ3n) is 2.91. The summed E-state index contributed by atoms with van der Waals surface area (Å²) in [5.41, 5.74) is 1.02. The summed E-state index contributed by atoms with van der Waals surface area (Å²) < 4.78 is 5.08. The van der Waals surface area contributed by atoms with Crippen LogP contribution in [0.3, 0.4) is 0 Å². The summed E-state index contributed by atoms with van der Waals surface area (Å²) in [5.74, 6) is 1.01. The van der Waals surface area contributed by atoms with Crippen molar-refractivity contribution in [2.24, 2.45) is 5.92 Å². The summed E-state index contributed by atoms with van der Waals surface area (Å²) in [6.07, 6.45) is 5.84. The molecular formula is C12H20O2. The van der Waals surface area contributed by atoms with Gasteiger partial charge in [-0.25, -0.2) is 0 Å². The van der Waals surface area contributed by atoms with Gasteiger partial charge in [-0.3, -0.25) is 4.79 Å². The molecule has 0 bridgehead atoms. The Bertz CT molecular complexity index is 230. The topological polar surface area (TPSA) is 26.3 Å². The van der Waals surface area contributed by atoms with Crippen LogP contribution in [-0.2, 0) is 9.53 Å². The predicted octanol–water partition coefficient (Wildman–Crippen LogP) is 2.73. The van der Waals surface area contributed by atoms with Gasteiger partial charge in [0.15, 0.2) is 5.78 Å². The van der Waals surface area contributed by atoms with Gasteiger partial charge in [-0.2, -0.15) is 0 Å². The monoisotopic (exact) mass is 196 g/mol. The lowest BCUT2D eigenvalue weighted by molar-refractivity contribution is -0.117. The highest BCUT2D eigenvalue weighted by Gasteiger charge is 2.17. The molecular weight excluding hydrogens is 176 g/mol. The lowest BCUT2D eigenvalue weighted by Crippen LogP contribution is -2.16. The number of rotatable bonds is 4. The standard InChI is InChI=1S/C12H20O2/c1-9-4-6-11(7-5-9)12(13)8-10(2)14-3/h6,9-10H,4-5,7-8H2,1-3H3. The van der Waals surface area contributed by atoms with Crippen molar-refractivity contribution in [3.63, 3.8) is 0 Å². The Morgan fingerprint density at radius 3 is 2.93 bits per heavy atom. The predicted molar refractivity (Wildman–Crippen MR) is 57.2 cm³/mol. The van der Waals surface area contributed by atoms with E-state index < -0.39 is 0 Å². The normalized spacial score (nSPS) is 24.2. The quantitative estimate of drug-likeness (QED) is 0.691. The van der Waals surface area contributed by atoms with E-state index in [2.05, 4.69) is 13.0 Å². The Morgan fingerprint density at radius 2 is 2.43 bits per heavy atom. The molecule has 0 heterocycles. The molecule has 0 saturated carbocycles. The van der Waals surface area contributed by atoms with Crippen LogP contribution in [0.5, 0.6) is 0 Å². The van der Waals surface area contributed by atoms with Gasteiger partial charge in [0, 0.05) is 13.5 Å². The number of ketones is 1. The Labute approximate surface area is 86.3 Å². The second-order valence-corrected chi connectivity index (χ2v) is 4.28. The number of carbonyl (C=O) groups is 1. The number of ether oxygens (including phenoxy) is 1. The zero-order valence-corrected chi connectivity index (χ0v) is 9.38. The molecule has 0 aliphatic heterocycles. The number of Topliss-reactive ketones (excluding diaryl/α,β-unsaturated/α-hetero) is 1. The minimum atomic E-state index is 0.0442. The summed E-state index contributed by atoms with van der Waals surface area (Å²) in [4.78, 5) is 11.7. The molecule has 0 amide bonds. The van der Waals surface area contributed by atoms with Crippen LogP contribution in [0.1, 0.15) is 39.5 Å². The van der Waals surface area contributed by atoms with Crippen molar-refractivity contribution in [1.82, 2.24) is 0 Å². The van der Waals surface area contributed by atoms with E-state index in [-0.39, 0.29) is 11.9 Å². The number of carbonyl (C=O) groups excluding carboxylic acids is 1. The third-order valence-corrected chi connectivity index (χ3v) is 2.91. The van der Waals surface area contributed by atoms with Crippen molar-refractivity contribution in [3.8, 4) is 0 Å². The molecule has 0 aromatic rings. The molecule has 2 nitrogen and oxygen atoms in total. The first-order valence-corrected chi connectivity index (χ1v) is 5.38. The average Bonchev–Trinajstić information content (AvgIpc) is 2.18. The Morgan fingerprint density at radius 1 is 1.71 bits per heavy atom. The van der Waals surface area contributed by atoms with Gasteiger partial charge < -0.3 is 4.74 Å². The van der Waals surface area contributed by atoms with E-state index in [4.69, 9.17) is 4.74 Å². The number of allylic oxidation sites excluding steroid dienone is 2. The summed E-state index contributed by atoms with van der Waals surface area (Å²) in [6.45, 7) is 4.17. The second-order valence-electron chi connectivity index (χ2n) is 4.28. The molecule has 2 heteroatoms. The van der Waals surface area contributed by atoms with Crippen molar-refractivity contribution < 1.29 is 9.53 Å². The highest BCUT2D eigenvalue weighted by molar-refractivity contribution is 5.95. The van der Waals surface area contributed by atoms with Gasteiger partial charge in [-0.05, 0) is 37.7 Å². The second kappa shape index (κ2) is 5.30. The zero-order chi connectivity index (χ0) is 10.6. The maximum Gasteiger partial charge on any atom is 0.161 e. The summed E-state index contributed by atoms with van der Waals surface area (Å²) in [6, 6.07) is 0. The molecule has 2 unspecified atom stereocenters. The maximum absolute atomic E-state index is 11.7. The van der Waals surface area contributed by atoms with Crippen LogP contribution < -0.4 is 0 Å². The minimum Gasteiger partial charge on any atom is -0.381 e. The Hall–Kier alpha value is -0.630. The smallest absolute Gasteiger partial charge is 0.161 e. The molecule has 0 fully saturated rings. The molecule has 0 aromatic carbocycles. The number of hydrogen-bond acceptors (Lipinski definition) is 2. The van der Waals surface area contributed by atoms with Crippen LogP contribution in [0.4, 0.5) is 0 Å². The van der Waals surface area contributed by atoms with Crippen molar-refractivity contribution in [2.75, 3.05) is 7.11 Å². The first-order chi connectivity index (χ1) is 6.63. The molecule has 0 spiro atoms. The highest BCUT2D eigenvalue weighted by Crippen LogP contribution is 2.24. The number of hydrogen-bond donors (Lipinski definition) is 0. The van der Waals surface area contributed by atoms with Crippen LogP contribution in [0.25, 0.3) is 0 Å². The van der Waals surface area contributed by atoms with Crippen LogP contribution in [0.2, 0.25) is 0 Å². The molecule has 14 heavy (non-hydrogen) atoms. The van der Waals surface area contributed by atoms with Crippen LogP contribution >= 0.6 is 0 Å². The fraction of sp³-hybridized carbons (Fsp3) is 0.750. The van der Waals surface area contributed by atoms with E-state index in [1.807, 2.05) is 6.92 Å². The number of methoxy groups -OCH3 is 1. The molecule has 0 saturated heterocycles. The Kier molecular flexibility index (Phi) is 4.33. The fourth-order valence-corrected chi connectivity index (χ4v) is 1.69. The van der Waals surface area contributed by atoms with E-state index in [9.17, 15) is 4.79 Å². The van der Waals surface area contributed by atoms with Gasteiger partial charge >= 0.3 is 0 Å². The zero-order valence-electron chi connectivity index (χ0n) is 9.38. The summed E-state index contributed by atoms with van der Waals surface area (Å²) in [7, 11) is 1.65. The van der Waals surface area contributed by atoms with E-state index in [1.54, 1.807) is 7.11 Å². The largest absolute Gasteiger partial charge is 0.381 e. The average molecular weight is 196 g/mol. The lowest BCUT2D eigenvalue weighted by atomic mass is 9.88. The van der Waals surface area contributed by atoms with Gasteiger partial charge in [0.1, 0.15) is 0 Å². The van der Waals surface area contributed by atoms with E-state index in [1.165, 1.54) is 0 Å². The third kappa shape index (κ3) is 3.26. The first kappa shape index (κ1) is 11.4. The molecule has 1 rings (SSSR count). The van der Waals surface area contributed by atoms with Crippen LogP contribution in [-0.4, -0.2) is 19.0 Å². The molecule has 0 aromatic heterocycles. The van der Waals surface area contributed by atoms with Gasteiger partial charge in [0.25, 0.3) is 0 Å². The van der Waals surface area contributed by atoms with E-state index in [0.29, 0.717) is 6.42 Å². The molecule has 2 atom stereocenters. The van der Waals surface area contributed by atoms with E-state index >= 15 is 0 Å². The molecule has 80 valence electrons. The van der Waals surface area contributed by atoms with Crippen LogP contribution in [0.15, 0.2) is 11.6 Å². The van der Waals surface area contributed by atoms with Gasteiger partial charge in [-0.1, -0.05) is 13.0 Å². The molecule has 1 aliphatic carbocycles. The van der Waals surface area contributed by atoms with Crippen molar-refractivity contribution in [2.45, 2.75) is 45.6 Å². The summed E-state index contributed by atoms with van der Waals surface area (Å²) >= 11 is 0. The molecule has 0 N–H and O–H groups in total. The maximum atomic E-state index is 11.7. The van der Waals surface area contributed by atoms with Crippen LogP contribution in [0, 0.1) is 5.92 Å².